The summed E-state index contributed by atoms with van der Waals surface area (Å²) in [5, 5.41) is 13.3. The lowest BCUT2D eigenvalue weighted by molar-refractivity contribution is -0.384. The highest BCUT2D eigenvalue weighted by Gasteiger charge is 2.22. The minimum atomic E-state index is -3.70. The van der Waals surface area contributed by atoms with E-state index < -0.39 is 20.5 Å². The van der Waals surface area contributed by atoms with Gasteiger partial charge < -0.3 is 5.32 Å². The number of amides is 1. The Morgan fingerprint density at radius 1 is 1.14 bits per heavy atom. The number of carbonyl (C=O) groups excluding carboxylic acids is 1. The molecule has 2 rings (SSSR count). The van der Waals surface area contributed by atoms with Crippen LogP contribution in [0.15, 0.2) is 58.3 Å². The van der Waals surface area contributed by atoms with Crippen LogP contribution < -0.4 is 10.0 Å². The van der Waals surface area contributed by atoms with Crippen LogP contribution in [0.4, 0.5) is 11.4 Å². The zero-order valence-corrected chi connectivity index (χ0v) is 17.3. The standard InChI is InChI=1S/C18H21N3O5S2/c1-18(2,3)20-28(25,26)16-6-4-5-13(11-16)19-17(22)12-27-15-9-7-14(8-10-15)21(23)24/h4-11,20H,12H2,1-3H3,(H,19,22). The van der Waals surface area contributed by atoms with Crippen LogP contribution in [0.5, 0.6) is 0 Å². The normalized spacial score (nSPS) is 11.8. The summed E-state index contributed by atoms with van der Waals surface area (Å²) in [6.45, 7) is 5.22. The van der Waals surface area contributed by atoms with Crippen LogP contribution in [0, 0.1) is 10.1 Å². The van der Waals surface area contributed by atoms with Crippen LogP contribution >= 0.6 is 11.8 Å². The second-order valence-corrected chi connectivity index (χ2v) is 9.70. The average Bonchev–Trinajstić information content (AvgIpc) is 2.58. The predicted molar refractivity (Wildman–Crippen MR) is 109 cm³/mol. The van der Waals surface area contributed by atoms with Crippen LogP contribution in [0.1, 0.15) is 20.8 Å². The lowest BCUT2D eigenvalue weighted by atomic mass is 10.1. The maximum absolute atomic E-state index is 12.4. The van der Waals surface area contributed by atoms with Crippen molar-refractivity contribution in [2.75, 3.05) is 11.1 Å². The summed E-state index contributed by atoms with van der Waals surface area (Å²) in [5.41, 5.74) is -0.277. The Bertz CT molecular complexity index is 967. The van der Waals surface area contributed by atoms with Crippen molar-refractivity contribution in [3.8, 4) is 0 Å². The van der Waals surface area contributed by atoms with Gasteiger partial charge in [-0.25, -0.2) is 13.1 Å². The molecule has 28 heavy (non-hydrogen) atoms. The molecule has 0 fully saturated rings. The number of hydrogen-bond donors (Lipinski definition) is 2. The first-order valence-corrected chi connectivity index (χ1v) is 10.7. The zero-order chi connectivity index (χ0) is 20.9. The van der Waals surface area contributed by atoms with E-state index in [1.807, 2.05) is 0 Å². The van der Waals surface area contributed by atoms with Crippen molar-refractivity contribution in [2.45, 2.75) is 36.1 Å². The van der Waals surface area contributed by atoms with Gasteiger partial charge in [0, 0.05) is 28.3 Å². The van der Waals surface area contributed by atoms with Crippen molar-refractivity contribution in [2.24, 2.45) is 0 Å². The van der Waals surface area contributed by atoms with Gasteiger partial charge in [0.2, 0.25) is 15.9 Å². The maximum Gasteiger partial charge on any atom is 0.269 e. The molecule has 1 amide bonds. The lowest BCUT2D eigenvalue weighted by Gasteiger charge is -2.20. The van der Waals surface area contributed by atoms with Crippen molar-refractivity contribution in [1.82, 2.24) is 4.72 Å². The molecule has 0 unspecified atom stereocenters. The first-order chi connectivity index (χ1) is 13.0. The SMILES string of the molecule is CC(C)(C)NS(=O)(=O)c1cccc(NC(=O)CSc2ccc([N+](=O)[O-])cc2)c1. The number of nitrogens with one attached hydrogen (secondary N) is 2. The summed E-state index contributed by atoms with van der Waals surface area (Å²) >= 11 is 1.22. The van der Waals surface area contributed by atoms with Gasteiger partial charge in [0.25, 0.3) is 5.69 Å². The molecule has 0 spiro atoms. The number of anilines is 1. The van der Waals surface area contributed by atoms with E-state index in [0.717, 1.165) is 0 Å². The van der Waals surface area contributed by atoms with Crippen LogP contribution in [0.3, 0.4) is 0 Å². The number of hydrogen-bond acceptors (Lipinski definition) is 6. The predicted octanol–water partition coefficient (Wildman–Crippen LogP) is 3.40. The molecule has 0 atom stereocenters. The Balaban J connectivity index is 1.99. The molecule has 0 heterocycles. The number of carbonyl (C=O) groups is 1. The number of nitrogens with zero attached hydrogens (tertiary/aromatic N) is 1. The number of benzene rings is 2. The third kappa shape index (κ3) is 6.63. The molecule has 0 bridgehead atoms. The second kappa shape index (κ2) is 8.72. The van der Waals surface area contributed by atoms with Gasteiger partial charge in [-0.3, -0.25) is 14.9 Å². The van der Waals surface area contributed by atoms with Crippen molar-refractivity contribution in [3.63, 3.8) is 0 Å². The average molecular weight is 424 g/mol. The van der Waals surface area contributed by atoms with Gasteiger partial charge in [-0.15, -0.1) is 11.8 Å². The molecule has 0 aliphatic carbocycles. The summed E-state index contributed by atoms with van der Waals surface area (Å²) in [7, 11) is -3.70. The lowest BCUT2D eigenvalue weighted by Crippen LogP contribution is -2.40. The molecule has 0 aliphatic rings. The zero-order valence-electron chi connectivity index (χ0n) is 15.6. The Kier molecular flexibility index (Phi) is 6.81. The first-order valence-electron chi connectivity index (χ1n) is 8.27. The van der Waals surface area contributed by atoms with Gasteiger partial charge in [-0.05, 0) is 51.1 Å². The van der Waals surface area contributed by atoms with Crippen LogP contribution in [-0.2, 0) is 14.8 Å². The largest absolute Gasteiger partial charge is 0.325 e. The van der Waals surface area contributed by atoms with E-state index in [-0.39, 0.29) is 22.2 Å². The summed E-state index contributed by atoms with van der Waals surface area (Å²) in [5.74, 6) is -0.239. The topological polar surface area (TPSA) is 118 Å². The number of sulfonamides is 1. The fraction of sp³-hybridized carbons (Fsp3) is 0.278. The summed E-state index contributed by atoms with van der Waals surface area (Å²) in [4.78, 5) is 23.1. The Morgan fingerprint density at radius 2 is 1.79 bits per heavy atom. The quantitative estimate of drug-likeness (QED) is 0.400. The number of non-ortho nitro benzene ring substituents is 1. The van der Waals surface area contributed by atoms with Gasteiger partial charge >= 0.3 is 0 Å². The van der Waals surface area contributed by atoms with Crippen LogP contribution in [0.25, 0.3) is 0 Å². The summed E-state index contributed by atoms with van der Waals surface area (Å²) < 4.78 is 27.4. The minimum Gasteiger partial charge on any atom is -0.325 e. The van der Waals surface area contributed by atoms with Crippen molar-refractivity contribution < 1.29 is 18.1 Å². The van der Waals surface area contributed by atoms with E-state index in [0.29, 0.717) is 10.6 Å². The minimum absolute atomic E-state index is 0.0179. The molecule has 2 aromatic carbocycles. The monoisotopic (exact) mass is 423 g/mol. The highest BCUT2D eigenvalue weighted by atomic mass is 32.2. The molecule has 0 radical (unpaired) electrons. The molecule has 2 N–H and O–H groups in total. The van der Waals surface area contributed by atoms with Crippen LogP contribution in [0.2, 0.25) is 0 Å². The van der Waals surface area contributed by atoms with Gasteiger partial charge in [0.15, 0.2) is 0 Å². The second-order valence-electron chi connectivity index (χ2n) is 6.97. The van der Waals surface area contributed by atoms with Crippen molar-refractivity contribution in [3.05, 3.63) is 58.6 Å². The number of nitro groups is 1. The van der Waals surface area contributed by atoms with Crippen molar-refractivity contribution in [1.29, 1.82) is 0 Å². The van der Waals surface area contributed by atoms with Gasteiger partial charge in [0.1, 0.15) is 0 Å². The van der Waals surface area contributed by atoms with E-state index in [4.69, 9.17) is 0 Å². The molecule has 150 valence electrons. The van der Waals surface area contributed by atoms with E-state index in [2.05, 4.69) is 10.0 Å². The number of nitro benzene ring substituents is 1. The molecule has 10 heteroatoms. The van der Waals surface area contributed by atoms with Gasteiger partial charge in [-0.1, -0.05) is 6.07 Å². The smallest absolute Gasteiger partial charge is 0.269 e. The Morgan fingerprint density at radius 3 is 2.36 bits per heavy atom. The Hall–Kier alpha value is -2.43. The molecule has 2 aromatic rings. The molecule has 0 aliphatic heterocycles. The third-order valence-corrected chi connectivity index (χ3v) is 6.05. The molecule has 0 saturated heterocycles. The highest BCUT2D eigenvalue weighted by molar-refractivity contribution is 8.00. The summed E-state index contributed by atoms with van der Waals surface area (Å²) in [6.07, 6.45) is 0. The fourth-order valence-corrected chi connectivity index (χ4v) is 4.38. The maximum atomic E-state index is 12.4. The highest BCUT2D eigenvalue weighted by Crippen LogP contribution is 2.22. The van der Waals surface area contributed by atoms with E-state index in [1.165, 1.54) is 36.0 Å². The first kappa shape index (κ1) is 21.9. The molecule has 0 aromatic heterocycles. The van der Waals surface area contributed by atoms with Gasteiger partial charge in [0.05, 0.1) is 15.6 Å². The van der Waals surface area contributed by atoms with Crippen molar-refractivity contribution >= 4 is 39.1 Å². The fourth-order valence-electron chi connectivity index (χ4n) is 2.21. The van der Waals surface area contributed by atoms with Gasteiger partial charge in [-0.2, -0.15) is 0 Å². The number of thioether (sulfide) groups is 1. The molecule has 8 nitrogen and oxygen atoms in total. The summed E-state index contributed by atoms with van der Waals surface area (Å²) in [6, 6.07) is 11.9. The van der Waals surface area contributed by atoms with E-state index in [9.17, 15) is 23.3 Å². The van der Waals surface area contributed by atoms with Crippen LogP contribution in [-0.4, -0.2) is 30.5 Å². The number of rotatable bonds is 7. The Labute approximate surface area is 167 Å². The molecule has 0 saturated carbocycles. The third-order valence-electron chi connectivity index (χ3n) is 3.29. The van der Waals surface area contributed by atoms with E-state index in [1.54, 1.807) is 45.0 Å². The van der Waals surface area contributed by atoms with E-state index >= 15 is 0 Å². The molecular weight excluding hydrogens is 402 g/mol. The molecular formula is C18H21N3O5S2.